The number of carbonyl (C=O) groups excluding carboxylic acids is 2. The molecule has 0 radical (unpaired) electrons. The van der Waals surface area contributed by atoms with Crippen LogP contribution >= 0.6 is 0 Å². The number of amides is 1. The van der Waals surface area contributed by atoms with Crippen molar-refractivity contribution in [3.8, 4) is 0 Å². The molecule has 1 aliphatic heterocycles. The third kappa shape index (κ3) is 9.13. The molecule has 0 aromatic carbocycles. The maximum atomic E-state index is 12.3. The highest BCUT2D eigenvalue weighted by molar-refractivity contribution is 5.81. The van der Waals surface area contributed by atoms with Crippen molar-refractivity contribution < 1.29 is 19.1 Å². The number of carbonyl (C=O) groups is 2. The molecule has 5 nitrogen and oxygen atoms in total. The van der Waals surface area contributed by atoms with Crippen LogP contribution in [0, 0.1) is 0 Å². The number of unbranched alkanes of at least 4 members (excludes halogenated alkanes) is 7. The van der Waals surface area contributed by atoms with E-state index in [2.05, 4.69) is 13.8 Å². The van der Waals surface area contributed by atoms with Crippen molar-refractivity contribution in [2.75, 3.05) is 19.8 Å². The molecule has 1 amide bonds. The van der Waals surface area contributed by atoms with Crippen molar-refractivity contribution in [2.45, 2.75) is 96.9 Å². The summed E-state index contributed by atoms with van der Waals surface area (Å²) in [5.41, 5.74) is 0. The van der Waals surface area contributed by atoms with Gasteiger partial charge in [0.15, 0.2) is 0 Å². The summed E-state index contributed by atoms with van der Waals surface area (Å²) in [6.07, 6.45) is 12.1. The van der Waals surface area contributed by atoms with Gasteiger partial charge < -0.3 is 9.47 Å². The van der Waals surface area contributed by atoms with E-state index in [1.165, 1.54) is 19.3 Å². The summed E-state index contributed by atoms with van der Waals surface area (Å²) in [5, 5.41) is 0. The minimum absolute atomic E-state index is 0.266. The molecule has 0 spiro atoms. The van der Waals surface area contributed by atoms with Gasteiger partial charge in [-0.15, -0.1) is 0 Å². The third-order valence-corrected chi connectivity index (χ3v) is 4.73. The number of hydrogen-bond acceptors (Lipinski definition) is 4. The largest absolute Gasteiger partial charge is 0.464 e. The fourth-order valence-electron chi connectivity index (χ4n) is 3.14. The Morgan fingerprint density at radius 2 is 1.44 bits per heavy atom. The second-order valence-electron chi connectivity index (χ2n) is 6.96. The Balaban J connectivity index is 2.31. The van der Waals surface area contributed by atoms with Crippen LogP contribution in [-0.2, 0) is 14.3 Å². The molecular formula is C20H37NO4. The number of nitrogens with zero attached hydrogens (tertiary/aromatic N) is 1. The molecule has 1 fully saturated rings. The van der Waals surface area contributed by atoms with Crippen LogP contribution in [0.2, 0.25) is 0 Å². The second kappa shape index (κ2) is 14.0. The number of likely N-dealkylation sites (tertiary alicyclic amines) is 1. The van der Waals surface area contributed by atoms with Crippen molar-refractivity contribution in [3.63, 3.8) is 0 Å². The Hall–Kier alpha value is -1.26. The fraction of sp³-hybridized carbons (Fsp3) is 0.900. The lowest BCUT2D eigenvalue weighted by molar-refractivity contribution is -0.150. The van der Waals surface area contributed by atoms with Crippen LogP contribution in [0.3, 0.4) is 0 Å². The van der Waals surface area contributed by atoms with E-state index in [1.54, 1.807) is 4.90 Å². The number of ether oxygens (including phenoxy) is 2. The lowest BCUT2D eigenvalue weighted by Crippen LogP contribution is -2.49. The fourth-order valence-corrected chi connectivity index (χ4v) is 3.14. The SMILES string of the molecule is CCCCCCCOC(=O)C1CCCCN1C(=O)OCCCCCC. The minimum atomic E-state index is -0.465. The lowest BCUT2D eigenvalue weighted by Gasteiger charge is -2.33. The van der Waals surface area contributed by atoms with Gasteiger partial charge in [0, 0.05) is 6.54 Å². The lowest BCUT2D eigenvalue weighted by atomic mass is 10.0. The number of rotatable bonds is 12. The molecule has 0 N–H and O–H groups in total. The van der Waals surface area contributed by atoms with Crippen LogP contribution in [0.4, 0.5) is 4.79 Å². The van der Waals surface area contributed by atoms with Gasteiger partial charge in [-0.2, -0.15) is 0 Å². The molecule has 1 saturated heterocycles. The van der Waals surface area contributed by atoms with Crippen LogP contribution in [0.1, 0.15) is 90.9 Å². The summed E-state index contributed by atoms with van der Waals surface area (Å²) in [6, 6.07) is -0.465. The standard InChI is InChI=1S/C20H37NO4/c1-3-5-7-9-13-16-24-19(22)18-14-10-11-15-21(18)20(23)25-17-12-8-6-4-2/h18H,3-17H2,1-2H3. The van der Waals surface area contributed by atoms with Crippen molar-refractivity contribution >= 4 is 12.1 Å². The van der Waals surface area contributed by atoms with Gasteiger partial charge in [-0.25, -0.2) is 9.59 Å². The summed E-state index contributed by atoms with van der Waals surface area (Å²) >= 11 is 0. The van der Waals surface area contributed by atoms with Gasteiger partial charge in [0.25, 0.3) is 0 Å². The first-order valence-electron chi connectivity index (χ1n) is 10.3. The van der Waals surface area contributed by atoms with Gasteiger partial charge in [0.2, 0.25) is 0 Å². The summed E-state index contributed by atoms with van der Waals surface area (Å²) in [6.45, 7) is 5.82. The molecule has 1 rings (SSSR count). The summed E-state index contributed by atoms with van der Waals surface area (Å²) in [5.74, 6) is -0.266. The number of piperidine rings is 1. The molecular weight excluding hydrogens is 318 g/mol. The average Bonchev–Trinajstić information content (AvgIpc) is 2.64. The molecule has 0 aliphatic carbocycles. The first-order valence-corrected chi connectivity index (χ1v) is 10.3. The molecule has 0 bridgehead atoms. The molecule has 1 atom stereocenters. The minimum Gasteiger partial charge on any atom is -0.464 e. The topological polar surface area (TPSA) is 55.8 Å². The van der Waals surface area contributed by atoms with Crippen molar-refractivity contribution in [3.05, 3.63) is 0 Å². The molecule has 0 aromatic heterocycles. The maximum Gasteiger partial charge on any atom is 0.410 e. The Morgan fingerprint density at radius 3 is 2.12 bits per heavy atom. The van der Waals surface area contributed by atoms with Crippen molar-refractivity contribution in [1.82, 2.24) is 4.90 Å². The Labute approximate surface area is 153 Å². The van der Waals surface area contributed by atoms with Gasteiger partial charge >= 0.3 is 12.1 Å². The molecule has 1 unspecified atom stereocenters. The van der Waals surface area contributed by atoms with Crippen LogP contribution in [0.5, 0.6) is 0 Å². The molecule has 0 saturated carbocycles. The predicted molar refractivity (Wildman–Crippen MR) is 99.6 cm³/mol. The zero-order valence-electron chi connectivity index (χ0n) is 16.3. The van der Waals surface area contributed by atoms with Gasteiger partial charge in [-0.05, 0) is 32.1 Å². The van der Waals surface area contributed by atoms with Gasteiger partial charge in [0.05, 0.1) is 13.2 Å². The van der Waals surface area contributed by atoms with E-state index >= 15 is 0 Å². The van der Waals surface area contributed by atoms with Crippen molar-refractivity contribution in [1.29, 1.82) is 0 Å². The Kier molecular flexibility index (Phi) is 12.2. The average molecular weight is 356 g/mol. The van der Waals surface area contributed by atoms with Crippen LogP contribution in [0.25, 0.3) is 0 Å². The predicted octanol–water partition coefficient (Wildman–Crippen LogP) is 5.07. The third-order valence-electron chi connectivity index (χ3n) is 4.73. The van der Waals surface area contributed by atoms with Crippen molar-refractivity contribution in [2.24, 2.45) is 0 Å². The number of hydrogen-bond donors (Lipinski definition) is 0. The smallest absolute Gasteiger partial charge is 0.410 e. The first kappa shape index (κ1) is 21.8. The van der Waals surface area contributed by atoms with E-state index in [0.29, 0.717) is 26.2 Å². The Bertz CT molecular complexity index is 373. The van der Waals surface area contributed by atoms with Crippen LogP contribution < -0.4 is 0 Å². The second-order valence-corrected chi connectivity index (χ2v) is 6.96. The maximum absolute atomic E-state index is 12.3. The van der Waals surface area contributed by atoms with Gasteiger partial charge in [-0.1, -0.05) is 58.8 Å². The zero-order valence-corrected chi connectivity index (χ0v) is 16.3. The van der Waals surface area contributed by atoms with E-state index in [4.69, 9.17) is 9.47 Å². The molecule has 5 heteroatoms. The normalized spacial score (nSPS) is 17.4. The summed E-state index contributed by atoms with van der Waals surface area (Å²) in [4.78, 5) is 26.2. The molecule has 1 heterocycles. The van der Waals surface area contributed by atoms with Gasteiger partial charge in [-0.3, -0.25) is 4.90 Å². The Morgan fingerprint density at radius 1 is 0.840 bits per heavy atom. The van der Waals surface area contributed by atoms with E-state index in [9.17, 15) is 9.59 Å². The summed E-state index contributed by atoms with van der Waals surface area (Å²) in [7, 11) is 0. The quantitative estimate of drug-likeness (QED) is 0.362. The van der Waals surface area contributed by atoms with Crippen LogP contribution in [-0.4, -0.2) is 42.8 Å². The van der Waals surface area contributed by atoms with E-state index < -0.39 is 6.04 Å². The number of esters is 1. The molecule has 25 heavy (non-hydrogen) atoms. The summed E-state index contributed by atoms with van der Waals surface area (Å²) < 4.78 is 10.8. The first-order chi connectivity index (χ1) is 12.2. The highest BCUT2D eigenvalue weighted by Gasteiger charge is 2.34. The monoisotopic (exact) mass is 355 g/mol. The molecule has 146 valence electrons. The molecule has 1 aliphatic rings. The highest BCUT2D eigenvalue weighted by atomic mass is 16.6. The molecule has 0 aromatic rings. The highest BCUT2D eigenvalue weighted by Crippen LogP contribution is 2.19. The van der Waals surface area contributed by atoms with Gasteiger partial charge in [0.1, 0.15) is 6.04 Å². The van der Waals surface area contributed by atoms with E-state index in [0.717, 1.165) is 51.4 Å². The zero-order chi connectivity index (χ0) is 18.3. The van der Waals surface area contributed by atoms with Crippen LogP contribution in [0.15, 0.2) is 0 Å². The van der Waals surface area contributed by atoms with E-state index in [1.807, 2.05) is 0 Å². The van der Waals surface area contributed by atoms with E-state index in [-0.39, 0.29) is 12.1 Å².